The molecule has 0 bridgehead atoms. The Morgan fingerprint density at radius 2 is 2.14 bits per heavy atom. The first-order valence-electron chi connectivity index (χ1n) is 7.20. The molecule has 21 heavy (non-hydrogen) atoms. The highest BCUT2D eigenvalue weighted by Crippen LogP contribution is 2.22. The van der Waals surface area contributed by atoms with E-state index in [1.807, 2.05) is 31.3 Å². The van der Waals surface area contributed by atoms with Crippen LogP contribution in [0.1, 0.15) is 12.3 Å². The minimum Gasteiger partial charge on any atom is -0.419 e. The van der Waals surface area contributed by atoms with Crippen LogP contribution >= 0.6 is 15.9 Å². The lowest BCUT2D eigenvalue weighted by Gasteiger charge is -2.13. The molecule has 1 aromatic heterocycles. The Balaban J connectivity index is 1.62. The topological polar surface area (TPSA) is 54.2 Å². The number of nitrogens with zero attached hydrogens (tertiary/aromatic N) is 3. The van der Waals surface area contributed by atoms with E-state index in [9.17, 15) is 0 Å². The quantitative estimate of drug-likeness (QED) is 0.897. The van der Waals surface area contributed by atoms with Crippen LogP contribution in [-0.2, 0) is 6.54 Å². The molecule has 1 aromatic carbocycles. The van der Waals surface area contributed by atoms with Crippen molar-refractivity contribution >= 4 is 15.9 Å². The van der Waals surface area contributed by atoms with E-state index in [-0.39, 0.29) is 0 Å². The summed E-state index contributed by atoms with van der Waals surface area (Å²) in [5.74, 6) is 2.00. The molecule has 1 N–H and O–H groups in total. The van der Waals surface area contributed by atoms with Crippen LogP contribution in [-0.4, -0.2) is 41.8 Å². The lowest BCUT2D eigenvalue weighted by atomic mass is 10.1. The summed E-state index contributed by atoms with van der Waals surface area (Å²) < 4.78 is 6.81. The summed E-state index contributed by atoms with van der Waals surface area (Å²) in [6.07, 6.45) is 1.23. The Morgan fingerprint density at radius 3 is 2.90 bits per heavy atom. The van der Waals surface area contributed by atoms with Gasteiger partial charge >= 0.3 is 0 Å². The maximum absolute atomic E-state index is 5.77. The summed E-state index contributed by atoms with van der Waals surface area (Å²) in [6, 6.07) is 7.89. The molecule has 1 unspecified atom stereocenters. The summed E-state index contributed by atoms with van der Waals surface area (Å²) in [5, 5.41) is 11.5. The second kappa shape index (κ2) is 6.68. The highest BCUT2D eigenvalue weighted by molar-refractivity contribution is 9.10. The second-order valence-electron chi connectivity index (χ2n) is 5.46. The van der Waals surface area contributed by atoms with Gasteiger partial charge in [-0.15, -0.1) is 10.2 Å². The van der Waals surface area contributed by atoms with Crippen molar-refractivity contribution in [3.8, 4) is 11.5 Å². The van der Waals surface area contributed by atoms with E-state index in [1.165, 1.54) is 6.42 Å². The van der Waals surface area contributed by atoms with Gasteiger partial charge in [0.2, 0.25) is 11.8 Å². The van der Waals surface area contributed by atoms with Crippen LogP contribution in [0.2, 0.25) is 0 Å². The van der Waals surface area contributed by atoms with Gasteiger partial charge in [-0.1, -0.05) is 15.9 Å². The molecule has 2 aromatic rings. The smallest absolute Gasteiger partial charge is 0.247 e. The summed E-state index contributed by atoms with van der Waals surface area (Å²) in [7, 11) is 2.01. The van der Waals surface area contributed by atoms with Gasteiger partial charge in [-0.05, 0) is 56.7 Å². The minimum atomic E-state index is 0.587. The van der Waals surface area contributed by atoms with Gasteiger partial charge in [0, 0.05) is 16.6 Å². The van der Waals surface area contributed by atoms with Crippen LogP contribution in [0.5, 0.6) is 0 Å². The fourth-order valence-corrected chi connectivity index (χ4v) is 2.99. The number of aromatic nitrogens is 2. The molecule has 2 heterocycles. The van der Waals surface area contributed by atoms with Crippen molar-refractivity contribution in [3.05, 3.63) is 34.6 Å². The zero-order valence-electron chi connectivity index (χ0n) is 12.1. The fourth-order valence-electron chi connectivity index (χ4n) is 2.73. The Kier molecular flexibility index (Phi) is 4.67. The maximum Gasteiger partial charge on any atom is 0.247 e. The van der Waals surface area contributed by atoms with Gasteiger partial charge in [-0.25, -0.2) is 0 Å². The van der Waals surface area contributed by atoms with Crippen molar-refractivity contribution in [1.82, 2.24) is 20.4 Å². The Bertz CT molecular complexity index is 584. The zero-order valence-corrected chi connectivity index (χ0v) is 13.6. The van der Waals surface area contributed by atoms with Crippen LogP contribution in [0.3, 0.4) is 0 Å². The van der Waals surface area contributed by atoms with E-state index in [1.54, 1.807) is 0 Å². The number of halogens is 1. The summed E-state index contributed by atoms with van der Waals surface area (Å²) in [5.41, 5.74) is 0.950. The van der Waals surface area contributed by atoms with E-state index < -0.39 is 0 Å². The number of benzene rings is 1. The number of hydrogen-bond acceptors (Lipinski definition) is 5. The highest BCUT2D eigenvalue weighted by Gasteiger charge is 2.23. The molecule has 1 aliphatic heterocycles. The molecule has 112 valence electrons. The van der Waals surface area contributed by atoms with Crippen molar-refractivity contribution < 1.29 is 4.42 Å². The standard InChI is InChI=1S/C15H19BrN4O/c1-17-8-11-6-7-20(9-11)10-14-18-19-15(21-14)12-2-4-13(16)5-3-12/h2-5,11,17H,6-10H2,1H3. The van der Waals surface area contributed by atoms with Crippen molar-refractivity contribution in [2.24, 2.45) is 5.92 Å². The van der Waals surface area contributed by atoms with Crippen LogP contribution in [0, 0.1) is 5.92 Å². The molecule has 1 fully saturated rings. The molecule has 3 rings (SSSR count). The third-order valence-electron chi connectivity index (χ3n) is 3.78. The fraction of sp³-hybridized carbons (Fsp3) is 0.467. The molecule has 0 saturated carbocycles. The number of hydrogen-bond donors (Lipinski definition) is 1. The van der Waals surface area contributed by atoms with Crippen LogP contribution in [0.4, 0.5) is 0 Å². The molecule has 1 saturated heterocycles. The highest BCUT2D eigenvalue weighted by atomic mass is 79.9. The molecular formula is C15H19BrN4O. The summed E-state index contributed by atoms with van der Waals surface area (Å²) >= 11 is 3.42. The summed E-state index contributed by atoms with van der Waals surface area (Å²) in [6.45, 7) is 4.01. The van der Waals surface area contributed by atoms with E-state index in [4.69, 9.17) is 4.42 Å². The largest absolute Gasteiger partial charge is 0.419 e. The molecule has 0 aliphatic carbocycles. The van der Waals surface area contributed by atoms with E-state index in [0.717, 1.165) is 42.1 Å². The first kappa shape index (κ1) is 14.7. The first-order chi connectivity index (χ1) is 10.2. The Hall–Kier alpha value is -1.24. The lowest BCUT2D eigenvalue weighted by molar-refractivity contribution is 0.281. The average molecular weight is 351 g/mol. The Labute approximate surface area is 132 Å². The third kappa shape index (κ3) is 3.70. The molecule has 6 heteroatoms. The predicted molar refractivity (Wildman–Crippen MR) is 84.7 cm³/mol. The Morgan fingerprint density at radius 1 is 1.33 bits per heavy atom. The van der Waals surface area contributed by atoms with Gasteiger partial charge in [-0.2, -0.15) is 0 Å². The molecule has 0 amide bonds. The van der Waals surface area contributed by atoms with Crippen LogP contribution in [0.25, 0.3) is 11.5 Å². The molecule has 1 atom stereocenters. The third-order valence-corrected chi connectivity index (χ3v) is 4.31. The van der Waals surface area contributed by atoms with Crippen LogP contribution in [0.15, 0.2) is 33.2 Å². The SMILES string of the molecule is CNCC1CCN(Cc2nnc(-c3ccc(Br)cc3)o2)C1. The molecule has 0 spiro atoms. The van der Waals surface area contributed by atoms with Gasteiger partial charge in [-0.3, -0.25) is 4.90 Å². The van der Waals surface area contributed by atoms with Crippen molar-refractivity contribution in [2.45, 2.75) is 13.0 Å². The summed E-state index contributed by atoms with van der Waals surface area (Å²) in [4.78, 5) is 2.38. The number of nitrogens with one attached hydrogen (secondary N) is 1. The van der Waals surface area contributed by atoms with E-state index >= 15 is 0 Å². The van der Waals surface area contributed by atoms with E-state index in [0.29, 0.717) is 11.8 Å². The monoisotopic (exact) mass is 350 g/mol. The van der Waals surface area contributed by atoms with Crippen molar-refractivity contribution in [2.75, 3.05) is 26.7 Å². The molecule has 1 aliphatic rings. The molecular weight excluding hydrogens is 332 g/mol. The first-order valence-corrected chi connectivity index (χ1v) is 7.99. The zero-order chi connectivity index (χ0) is 14.7. The number of rotatable bonds is 5. The van der Waals surface area contributed by atoms with Gasteiger partial charge in [0.15, 0.2) is 0 Å². The van der Waals surface area contributed by atoms with E-state index in [2.05, 4.69) is 36.3 Å². The van der Waals surface area contributed by atoms with Gasteiger partial charge in [0.1, 0.15) is 0 Å². The van der Waals surface area contributed by atoms with Gasteiger partial charge < -0.3 is 9.73 Å². The van der Waals surface area contributed by atoms with Crippen molar-refractivity contribution in [1.29, 1.82) is 0 Å². The average Bonchev–Trinajstić information content (AvgIpc) is 3.11. The predicted octanol–water partition coefficient (Wildman–Crippen LogP) is 2.54. The molecule has 5 nitrogen and oxygen atoms in total. The molecule has 0 radical (unpaired) electrons. The van der Waals surface area contributed by atoms with Gasteiger partial charge in [0.05, 0.1) is 6.54 Å². The van der Waals surface area contributed by atoms with Crippen LogP contribution < -0.4 is 5.32 Å². The lowest BCUT2D eigenvalue weighted by Crippen LogP contribution is -2.24. The maximum atomic E-state index is 5.77. The van der Waals surface area contributed by atoms with Crippen molar-refractivity contribution in [3.63, 3.8) is 0 Å². The minimum absolute atomic E-state index is 0.587. The normalized spacial score (nSPS) is 19.2. The second-order valence-corrected chi connectivity index (χ2v) is 6.37. The van der Waals surface area contributed by atoms with Gasteiger partial charge in [0.25, 0.3) is 0 Å². The number of likely N-dealkylation sites (tertiary alicyclic amines) is 1.